The Hall–Kier alpha value is -2.33. The summed E-state index contributed by atoms with van der Waals surface area (Å²) in [6.45, 7) is 4.70. The maximum Gasteiger partial charge on any atom is 0.222 e. The standard InChI is InChI=1S/C22H28N2O2/c1-26-21-10-7-20(8-11-21)9-12-22(25)24-17-15-23(16-18-24)14-13-19-5-3-2-4-6-19/h2-8,10-11H,9,12-18H2,1H3. The molecule has 0 N–H and O–H groups in total. The molecule has 4 heteroatoms. The summed E-state index contributed by atoms with van der Waals surface area (Å²) in [5, 5.41) is 0. The molecular weight excluding hydrogens is 324 g/mol. The molecular formula is C22H28N2O2. The maximum absolute atomic E-state index is 12.5. The lowest BCUT2D eigenvalue weighted by molar-refractivity contribution is -0.132. The second-order valence-corrected chi connectivity index (χ2v) is 6.81. The summed E-state index contributed by atoms with van der Waals surface area (Å²) in [6.07, 6.45) is 2.44. The monoisotopic (exact) mass is 352 g/mol. The van der Waals surface area contributed by atoms with E-state index in [1.165, 1.54) is 11.1 Å². The zero-order chi connectivity index (χ0) is 18.2. The van der Waals surface area contributed by atoms with E-state index in [1.54, 1.807) is 7.11 Å². The Balaban J connectivity index is 1.37. The van der Waals surface area contributed by atoms with E-state index < -0.39 is 0 Å². The SMILES string of the molecule is COc1ccc(CCC(=O)N2CCN(CCc3ccccc3)CC2)cc1. The molecule has 4 nitrogen and oxygen atoms in total. The number of ether oxygens (including phenoxy) is 1. The average Bonchev–Trinajstić information content (AvgIpc) is 2.72. The third-order valence-corrected chi connectivity index (χ3v) is 5.07. The third-order valence-electron chi connectivity index (χ3n) is 5.07. The van der Waals surface area contributed by atoms with Crippen molar-refractivity contribution in [2.45, 2.75) is 19.3 Å². The summed E-state index contributed by atoms with van der Waals surface area (Å²) in [7, 11) is 1.66. The van der Waals surface area contributed by atoms with E-state index in [1.807, 2.05) is 29.2 Å². The first kappa shape index (κ1) is 18.5. The molecule has 138 valence electrons. The third kappa shape index (κ3) is 5.33. The summed E-state index contributed by atoms with van der Waals surface area (Å²) in [5.74, 6) is 1.12. The van der Waals surface area contributed by atoms with Gasteiger partial charge in [0.1, 0.15) is 5.75 Å². The number of rotatable bonds is 7. The maximum atomic E-state index is 12.5. The minimum Gasteiger partial charge on any atom is -0.497 e. The van der Waals surface area contributed by atoms with Gasteiger partial charge in [-0.3, -0.25) is 9.69 Å². The lowest BCUT2D eigenvalue weighted by Gasteiger charge is -2.34. The number of hydrogen-bond donors (Lipinski definition) is 0. The van der Waals surface area contributed by atoms with Gasteiger partial charge in [-0.25, -0.2) is 0 Å². The number of nitrogens with zero attached hydrogens (tertiary/aromatic N) is 2. The van der Waals surface area contributed by atoms with Crippen LogP contribution in [0.2, 0.25) is 0 Å². The number of carbonyl (C=O) groups excluding carboxylic acids is 1. The van der Waals surface area contributed by atoms with Crippen molar-refractivity contribution in [3.05, 3.63) is 65.7 Å². The van der Waals surface area contributed by atoms with Crippen LogP contribution in [0, 0.1) is 0 Å². The van der Waals surface area contributed by atoms with Crippen LogP contribution in [0.3, 0.4) is 0 Å². The lowest BCUT2D eigenvalue weighted by atomic mass is 10.1. The molecule has 0 bridgehead atoms. The average molecular weight is 352 g/mol. The molecule has 0 aliphatic carbocycles. The van der Waals surface area contributed by atoms with Gasteiger partial charge < -0.3 is 9.64 Å². The predicted octanol–water partition coefficient (Wildman–Crippen LogP) is 3.01. The van der Waals surface area contributed by atoms with Crippen molar-refractivity contribution in [1.29, 1.82) is 0 Å². The Kier molecular flexibility index (Phi) is 6.67. The molecule has 1 aliphatic heterocycles. The fraction of sp³-hybridized carbons (Fsp3) is 0.409. The fourth-order valence-electron chi connectivity index (χ4n) is 3.35. The molecule has 26 heavy (non-hydrogen) atoms. The minimum atomic E-state index is 0.267. The number of piperazine rings is 1. The van der Waals surface area contributed by atoms with Crippen molar-refractivity contribution in [2.75, 3.05) is 39.8 Å². The highest BCUT2D eigenvalue weighted by atomic mass is 16.5. The first-order valence-corrected chi connectivity index (χ1v) is 9.41. The Bertz CT molecular complexity index is 677. The molecule has 0 radical (unpaired) electrons. The van der Waals surface area contributed by atoms with E-state index in [-0.39, 0.29) is 5.91 Å². The van der Waals surface area contributed by atoms with Gasteiger partial charge in [0.15, 0.2) is 0 Å². The van der Waals surface area contributed by atoms with E-state index in [2.05, 4.69) is 35.2 Å². The highest BCUT2D eigenvalue weighted by Gasteiger charge is 2.20. The molecule has 1 saturated heterocycles. The van der Waals surface area contributed by atoms with E-state index in [9.17, 15) is 4.79 Å². The Labute approximate surface area is 156 Å². The smallest absolute Gasteiger partial charge is 0.222 e. The summed E-state index contributed by atoms with van der Waals surface area (Å²) in [6, 6.07) is 18.6. The van der Waals surface area contributed by atoms with Gasteiger partial charge in [0.05, 0.1) is 7.11 Å². The summed E-state index contributed by atoms with van der Waals surface area (Å²) in [4.78, 5) is 16.9. The van der Waals surface area contributed by atoms with Crippen molar-refractivity contribution in [3.8, 4) is 5.75 Å². The van der Waals surface area contributed by atoms with Crippen molar-refractivity contribution >= 4 is 5.91 Å². The lowest BCUT2D eigenvalue weighted by Crippen LogP contribution is -2.49. The second kappa shape index (κ2) is 9.39. The van der Waals surface area contributed by atoms with Gasteiger partial charge in [0.25, 0.3) is 0 Å². The molecule has 1 aliphatic rings. The van der Waals surface area contributed by atoms with E-state index in [0.29, 0.717) is 6.42 Å². The van der Waals surface area contributed by atoms with Crippen molar-refractivity contribution in [2.24, 2.45) is 0 Å². The minimum absolute atomic E-state index is 0.267. The van der Waals surface area contributed by atoms with Gasteiger partial charge in [-0.2, -0.15) is 0 Å². The van der Waals surface area contributed by atoms with Gasteiger partial charge in [0.2, 0.25) is 5.91 Å². The first-order valence-electron chi connectivity index (χ1n) is 9.41. The molecule has 2 aromatic carbocycles. The molecule has 0 atom stereocenters. The molecule has 0 saturated carbocycles. The molecule has 1 fully saturated rings. The van der Waals surface area contributed by atoms with Crippen LogP contribution >= 0.6 is 0 Å². The highest BCUT2D eigenvalue weighted by molar-refractivity contribution is 5.76. The van der Waals surface area contributed by atoms with Crippen LogP contribution in [-0.4, -0.2) is 55.5 Å². The van der Waals surface area contributed by atoms with Crippen molar-refractivity contribution in [1.82, 2.24) is 9.80 Å². The first-order chi connectivity index (χ1) is 12.7. The summed E-state index contributed by atoms with van der Waals surface area (Å²) < 4.78 is 5.17. The van der Waals surface area contributed by atoms with Crippen LogP contribution in [-0.2, 0) is 17.6 Å². The van der Waals surface area contributed by atoms with Crippen LogP contribution in [0.25, 0.3) is 0 Å². The van der Waals surface area contributed by atoms with E-state index in [4.69, 9.17) is 4.74 Å². The largest absolute Gasteiger partial charge is 0.497 e. The fourth-order valence-corrected chi connectivity index (χ4v) is 3.35. The Morgan fingerprint density at radius 1 is 0.885 bits per heavy atom. The topological polar surface area (TPSA) is 32.8 Å². The van der Waals surface area contributed by atoms with Crippen molar-refractivity contribution < 1.29 is 9.53 Å². The predicted molar refractivity (Wildman–Crippen MR) is 104 cm³/mol. The van der Waals surface area contributed by atoms with Crippen LogP contribution in [0.4, 0.5) is 0 Å². The molecule has 3 rings (SSSR count). The quantitative estimate of drug-likeness (QED) is 0.768. The van der Waals surface area contributed by atoms with Gasteiger partial charge >= 0.3 is 0 Å². The van der Waals surface area contributed by atoms with Crippen molar-refractivity contribution in [3.63, 3.8) is 0 Å². The number of aryl methyl sites for hydroxylation is 1. The van der Waals surface area contributed by atoms with Gasteiger partial charge in [-0.1, -0.05) is 42.5 Å². The zero-order valence-corrected chi connectivity index (χ0v) is 15.6. The molecule has 0 aromatic heterocycles. The molecule has 1 amide bonds. The van der Waals surface area contributed by atoms with E-state index >= 15 is 0 Å². The van der Waals surface area contributed by atoms with Gasteiger partial charge in [-0.15, -0.1) is 0 Å². The summed E-state index contributed by atoms with van der Waals surface area (Å²) >= 11 is 0. The summed E-state index contributed by atoms with van der Waals surface area (Å²) in [5.41, 5.74) is 2.56. The number of amides is 1. The molecule has 0 unspecified atom stereocenters. The van der Waals surface area contributed by atoms with Crippen LogP contribution in [0.15, 0.2) is 54.6 Å². The van der Waals surface area contributed by atoms with Crippen LogP contribution < -0.4 is 4.74 Å². The highest BCUT2D eigenvalue weighted by Crippen LogP contribution is 2.14. The van der Waals surface area contributed by atoms with Crippen LogP contribution in [0.1, 0.15) is 17.5 Å². The van der Waals surface area contributed by atoms with Gasteiger partial charge in [-0.05, 0) is 36.1 Å². The Morgan fingerprint density at radius 3 is 2.19 bits per heavy atom. The molecule has 0 spiro atoms. The molecule has 2 aromatic rings. The number of hydrogen-bond acceptors (Lipinski definition) is 3. The molecule has 1 heterocycles. The second-order valence-electron chi connectivity index (χ2n) is 6.81. The zero-order valence-electron chi connectivity index (χ0n) is 15.6. The van der Waals surface area contributed by atoms with Crippen LogP contribution in [0.5, 0.6) is 5.75 Å². The normalized spacial score (nSPS) is 15.0. The number of benzene rings is 2. The Morgan fingerprint density at radius 2 is 1.54 bits per heavy atom. The number of methoxy groups -OCH3 is 1. The van der Waals surface area contributed by atoms with E-state index in [0.717, 1.165) is 51.3 Å². The van der Waals surface area contributed by atoms with Gasteiger partial charge in [0, 0.05) is 39.1 Å². The number of carbonyl (C=O) groups is 1.